The summed E-state index contributed by atoms with van der Waals surface area (Å²) in [6, 6.07) is 14.8. The summed E-state index contributed by atoms with van der Waals surface area (Å²) in [5.41, 5.74) is 14.0. The minimum absolute atomic E-state index is 0.354. The Morgan fingerprint density at radius 3 is 1.20 bits per heavy atom. The molecule has 2 aliphatic heterocycles. The normalized spacial score (nSPS) is 18.1. The SMILES string of the molecule is CC(C)(C)OC(=O)N1CCN(C(C(N2CCN(C(=O)OC(C)(C)C)CC2)N(N)c2ccccc2N)N(N)c2ccccc2N)CC1. The van der Waals surface area contributed by atoms with Crippen molar-refractivity contribution in [1.82, 2.24) is 19.6 Å². The Hall–Kier alpha value is -3.98. The van der Waals surface area contributed by atoms with Crippen LogP contribution in [0.5, 0.6) is 0 Å². The number of rotatable bonds is 7. The average molecular weight is 641 g/mol. The Labute approximate surface area is 272 Å². The second kappa shape index (κ2) is 14.2. The third-order valence-corrected chi connectivity index (χ3v) is 7.95. The molecular weight excluding hydrogens is 588 g/mol. The first-order valence-electron chi connectivity index (χ1n) is 15.8. The highest BCUT2D eigenvalue weighted by atomic mass is 16.6. The summed E-state index contributed by atoms with van der Waals surface area (Å²) in [6.45, 7) is 14.8. The topological polar surface area (TPSA) is 176 Å². The maximum absolute atomic E-state index is 12.9. The van der Waals surface area contributed by atoms with Gasteiger partial charge in [0.15, 0.2) is 0 Å². The molecule has 4 rings (SSSR count). The number of anilines is 4. The summed E-state index contributed by atoms with van der Waals surface area (Å²) in [5.74, 6) is 14.1. The highest BCUT2D eigenvalue weighted by molar-refractivity contribution is 5.70. The van der Waals surface area contributed by atoms with E-state index in [0.29, 0.717) is 75.1 Å². The van der Waals surface area contributed by atoms with Gasteiger partial charge in [0.2, 0.25) is 0 Å². The number of carbonyl (C=O) groups is 2. The van der Waals surface area contributed by atoms with Gasteiger partial charge >= 0.3 is 12.2 Å². The van der Waals surface area contributed by atoms with E-state index in [9.17, 15) is 9.59 Å². The van der Waals surface area contributed by atoms with Gasteiger partial charge in [-0.15, -0.1) is 0 Å². The van der Waals surface area contributed by atoms with E-state index in [2.05, 4.69) is 9.80 Å². The molecule has 0 aromatic heterocycles. The number of ether oxygens (including phenoxy) is 2. The maximum Gasteiger partial charge on any atom is 0.410 e. The molecule has 2 atom stereocenters. The lowest BCUT2D eigenvalue weighted by Crippen LogP contribution is -2.72. The predicted octanol–water partition coefficient (Wildman–Crippen LogP) is 2.67. The standard InChI is InChI=1S/C32H52N10O4/c1-31(2,3)45-29(43)39-19-15-37(16-20-39)27(41(35)25-13-9-7-11-23(25)33)28(42(36)26-14-10-8-12-24(26)34)38-17-21-40(22-18-38)30(44)46-32(4,5)6/h7-14,27-28H,15-22,33-36H2,1-6H3. The van der Waals surface area contributed by atoms with Crippen molar-refractivity contribution < 1.29 is 19.1 Å². The quantitative estimate of drug-likeness (QED) is 0.198. The molecule has 0 radical (unpaired) electrons. The van der Waals surface area contributed by atoms with Crippen molar-refractivity contribution in [3.8, 4) is 0 Å². The molecule has 0 spiro atoms. The minimum atomic E-state index is -0.599. The number of benzene rings is 2. The van der Waals surface area contributed by atoms with Crippen LogP contribution in [-0.2, 0) is 9.47 Å². The van der Waals surface area contributed by atoms with E-state index < -0.39 is 23.5 Å². The number of amides is 2. The van der Waals surface area contributed by atoms with Crippen LogP contribution in [0.25, 0.3) is 0 Å². The van der Waals surface area contributed by atoms with Crippen LogP contribution >= 0.6 is 0 Å². The first-order chi connectivity index (χ1) is 21.6. The summed E-state index contributed by atoms with van der Waals surface area (Å²) in [4.78, 5) is 33.7. The number of para-hydroxylation sites is 4. The van der Waals surface area contributed by atoms with Crippen molar-refractivity contribution in [2.24, 2.45) is 11.7 Å². The number of nitrogen functional groups attached to an aromatic ring is 2. The molecule has 0 aliphatic carbocycles. The van der Waals surface area contributed by atoms with E-state index in [0.717, 1.165) is 0 Å². The van der Waals surface area contributed by atoms with Crippen molar-refractivity contribution in [3.63, 3.8) is 0 Å². The van der Waals surface area contributed by atoms with Gasteiger partial charge in [0, 0.05) is 52.4 Å². The molecule has 2 amide bonds. The van der Waals surface area contributed by atoms with Gasteiger partial charge in [-0.25, -0.2) is 21.3 Å². The number of hydrazine groups is 2. The number of piperazine rings is 2. The van der Waals surface area contributed by atoms with Gasteiger partial charge in [0.25, 0.3) is 0 Å². The molecule has 2 aromatic rings. The van der Waals surface area contributed by atoms with Crippen molar-refractivity contribution in [3.05, 3.63) is 48.5 Å². The van der Waals surface area contributed by atoms with Crippen molar-refractivity contribution in [2.75, 3.05) is 73.8 Å². The molecule has 2 fully saturated rings. The zero-order valence-corrected chi connectivity index (χ0v) is 28.1. The Balaban J connectivity index is 1.69. The Kier molecular flexibility index (Phi) is 10.8. The van der Waals surface area contributed by atoms with Crippen LogP contribution in [-0.4, -0.2) is 108 Å². The third kappa shape index (κ3) is 8.63. The Morgan fingerprint density at radius 2 is 0.913 bits per heavy atom. The first kappa shape index (κ1) is 34.9. The van der Waals surface area contributed by atoms with E-state index >= 15 is 0 Å². The van der Waals surface area contributed by atoms with Gasteiger partial charge in [-0.05, 0) is 65.8 Å². The van der Waals surface area contributed by atoms with Gasteiger partial charge in [0.1, 0.15) is 23.5 Å². The molecule has 0 bridgehead atoms. The van der Waals surface area contributed by atoms with Crippen LogP contribution in [0, 0.1) is 0 Å². The van der Waals surface area contributed by atoms with E-state index in [-0.39, 0.29) is 12.2 Å². The summed E-state index contributed by atoms with van der Waals surface area (Å²) in [6.07, 6.45) is -1.81. The molecular formula is C32H52N10O4. The van der Waals surface area contributed by atoms with Crippen LogP contribution in [0.3, 0.4) is 0 Å². The van der Waals surface area contributed by atoms with Gasteiger partial charge in [-0.2, -0.15) is 0 Å². The third-order valence-electron chi connectivity index (χ3n) is 7.95. The summed E-state index contributed by atoms with van der Waals surface area (Å²) >= 11 is 0. The fourth-order valence-corrected chi connectivity index (χ4v) is 5.74. The molecule has 0 saturated carbocycles. The average Bonchev–Trinajstić information content (AvgIpc) is 2.98. The van der Waals surface area contributed by atoms with Crippen molar-refractivity contribution >= 4 is 34.9 Å². The molecule has 2 unspecified atom stereocenters. The molecule has 8 N–H and O–H groups in total. The van der Waals surface area contributed by atoms with Gasteiger partial charge in [0.05, 0.1) is 22.7 Å². The molecule has 2 heterocycles. The number of hydrogen-bond donors (Lipinski definition) is 4. The lowest BCUT2D eigenvalue weighted by atomic mass is 10.1. The van der Waals surface area contributed by atoms with Gasteiger partial charge in [-0.3, -0.25) is 19.8 Å². The van der Waals surface area contributed by atoms with Crippen LogP contribution < -0.4 is 33.2 Å². The molecule has 2 saturated heterocycles. The number of nitrogens with two attached hydrogens (primary N) is 4. The van der Waals surface area contributed by atoms with Crippen LogP contribution in [0.1, 0.15) is 41.5 Å². The fraction of sp³-hybridized carbons (Fsp3) is 0.562. The lowest BCUT2D eigenvalue weighted by molar-refractivity contribution is -0.0122. The fourth-order valence-electron chi connectivity index (χ4n) is 5.74. The molecule has 254 valence electrons. The monoisotopic (exact) mass is 640 g/mol. The smallest absolute Gasteiger partial charge is 0.410 e. The van der Waals surface area contributed by atoms with E-state index in [1.807, 2.05) is 77.9 Å². The van der Waals surface area contributed by atoms with Crippen LogP contribution in [0.15, 0.2) is 48.5 Å². The van der Waals surface area contributed by atoms with E-state index in [1.165, 1.54) is 0 Å². The molecule has 14 heteroatoms. The van der Waals surface area contributed by atoms with Gasteiger partial charge < -0.3 is 30.7 Å². The Bertz CT molecular complexity index is 1230. The zero-order valence-electron chi connectivity index (χ0n) is 28.1. The van der Waals surface area contributed by atoms with E-state index in [1.54, 1.807) is 32.0 Å². The van der Waals surface area contributed by atoms with Crippen molar-refractivity contribution in [1.29, 1.82) is 0 Å². The molecule has 14 nitrogen and oxygen atoms in total. The summed E-state index contributed by atoms with van der Waals surface area (Å²) in [7, 11) is 0. The molecule has 2 aliphatic rings. The van der Waals surface area contributed by atoms with E-state index in [4.69, 9.17) is 32.6 Å². The highest BCUT2D eigenvalue weighted by Crippen LogP contribution is 2.31. The molecule has 46 heavy (non-hydrogen) atoms. The highest BCUT2D eigenvalue weighted by Gasteiger charge is 2.43. The van der Waals surface area contributed by atoms with Crippen LogP contribution in [0.4, 0.5) is 32.3 Å². The summed E-state index contributed by atoms with van der Waals surface area (Å²) < 4.78 is 11.3. The minimum Gasteiger partial charge on any atom is -0.444 e. The second-order valence-corrected chi connectivity index (χ2v) is 13.8. The van der Waals surface area contributed by atoms with Crippen LogP contribution in [0.2, 0.25) is 0 Å². The van der Waals surface area contributed by atoms with Gasteiger partial charge in [-0.1, -0.05) is 24.3 Å². The zero-order chi connectivity index (χ0) is 33.8. The lowest BCUT2D eigenvalue weighted by Gasteiger charge is -2.52. The largest absolute Gasteiger partial charge is 0.444 e. The first-order valence-corrected chi connectivity index (χ1v) is 15.8. The Morgan fingerprint density at radius 1 is 0.609 bits per heavy atom. The number of hydrogen-bond acceptors (Lipinski definition) is 12. The molecule has 2 aromatic carbocycles. The second-order valence-electron chi connectivity index (χ2n) is 13.8. The van der Waals surface area contributed by atoms with Crippen molar-refractivity contribution in [2.45, 2.75) is 65.1 Å². The maximum atomic E-state index is 12.9. The predicted molar refractivity (Wildman–Crippen MR) is 181 cm³/mol. The number of nitrogens with zero attached hydrogens (tertiary/aromatic N) is 6. The number of carbonyl (C=O) groups excluding carboxylic acids is 2. The summed E-state index contributed by atoms with van der Waals surface area (Å²) in [5, 5.41) is 3.31.